The summed E-state index contributed by atoms with van der Waals surface area (Å²) in [5, 5.41) is 8.95. The summed E-state index contributed by atoms with van der Waals surface area (Å²) in [7, 11) is -3.48. The number of aryl methyl sites for hydroxylation is 1. The average Bonchev–Trinajstić information content (AvgIpc) is 2.37. The molecule has 1 aromatic carbocycles. The molecule has 0 saturated carbocycles. The van der Waals surface area contributed by atoms with Gasteiger partial charge >= 0.3 is 5.97 Å². The van der Waals surface area contributed by atoms with Crippen LogP contribution in [0.2, 0.25) is 0 Å². The van der Waals surface area contributed by atoms with Gasteiger partial charge in [0.2, 0.25) is 10.0 Å². The molecule has 21 heavy (non-hydrogen) atoms. The highest BCUT2D eigenvalue weighted by atomic mass is 32.2. The van der Waals surface area contributed by atoms with Crippen LogP contribution in [0.25, 0.3) is 0 Å². The second-order valence-electron chi connectivity index (χ2n) is 5.60. The lowest BCUT2D eigenvalue weighted by Gasteiger charge is -2.33. The molecule has 2 rings (SSSR count). The first-order valence-corrected chi connectivity index (χ1v) is 8.76. The Morgan fingerprint density at radius 1 is 1.38 bits per heavy atom. The zero-order valence-electron chi connectivity index (χ0n) is 12.2. The van der Waals surface area contributed by atoms with E-state index in [-0.39, 0.29) is 12.2 Å². The van der Waals surface area contributed by atoms with E-state index in [1.54, 1.807) is 6.07 Å². The summed E-state index contributed by atoms with van der Waals surface area (Å²) < 4.78 is 26.6. The van der Waals surface area contributed by atoms with E-state index in [0.29, 0.717) is 13.0 Å². The topological polar surface area (TPSA) is 74.7 Å². The van der Waals surface area contributed by atoms with Crippen molar-refractivity contribution < 1.29 is 18.3 Å². The van der Waals surface area contributed by atoms with Gasteiger partial charge in [0, 0.05) is 12.6 Å². The number of sulfonamides is 1. The van der Waals surface area contributed by atoms with E-state index in [9.17, 15) is 13.2 Å². The highest BCUT2D eigenvalue weighted by Crippen LogP contribution is 2.25. The van der Waals surface area contributed by atoms with Gasteiger partial charge in [-0.1, -0.05) is 36.2 Å². The molecule has 1 heterocycles. The van der Waals surface area contributed by atoms with Crippen LogP contribution in [0.5, 0.6) is 0 Å². The summed E-state index contributed by atoms with van der Waals surface area (Å²) >= 11 is 0. The maximum Gasteiger partial charge on any atom is 0.304 e. The quantitative estimate of drug-likeness (QED) is 0.904. The molecule has 1 aromatic rings. The van der Waals surface area contributed by atoms with E-state index in [2.05, 4.69) is 0 Å². The Morgan fingerprint density at radius 2 is 2.14 bits per heavy atom. The fraction of sp³-hybridized carbons (Fsp3) is 0.533. The van der Waals surface area contributed by atoms with Crippen molar-refractivity contribution in [3.63, 3.8) is 0 Å². The number of rotatable bonds is 5. The molecule has 0 aromatic heterocycles. The number of piperidine rings is 1. The third kappa shape index (κ3) is 4.28. The Labute approximate surface area is 125 Å². The summed E-state index contributed by atoms with van der Waals surface area (Å²) in [6.45, 7) is 2.34. The predicted molar refractivity (Wildman–Crippen MR) is 80.4 cm³/mol. The van der Waals surface area contributed by atoms with E-state index in [4.69, 9.17) is 5.11 Å². The molecule has 6 heteroatoms. The van der Waals surface area contributed by atoms with Gasteiger partial charge in [-0.2, -0.15) is 4.31 Å². The minimum absolute atomic E-state index is 0.0647. The first-order valence-electron chi connectivity index (χ1n) is 7.15. The van der Waals surface area contributed by atoms with Crippen LogP contribution in [0.3, 0.4) is 0 Å². The molecule has 116 valence electrons. The summed E-state index contributed by atoms with van der Waals surface area (Å²) in [4.78, 5) is 10.9. The zero-order chi connectivity index (χ0) is 15.5. The molecular weight excluding hydrogens is 290 g/mol. The van der Waals surface area contributed by atoms with Crippen molar-refractivity contribution in [3.05, 3.63) is 35.4 Å². The lowest BCUT2D eigenvalue weighted by molar-refractivity contribution is -0.138. The summed E-state index contributed by atoms with van der Waals surface area (Å²) in [5.74, 6) is -1.01. The Balaban J connectivity index is 2.18. The van der Waals surface area contributed by atoms with Gasteiger partial charge in [0.05, 0.1) is 12.2 Å². The van der Waals surface area contributed by atoms with Gasteiger partial charge in [-0.3, -0.25) is 4.79 Å². The van der Waals surface area contributed by atoms with E-state index in [1.165, 1.54) is 4.31 Å². The van der Waals surface area contributed by atoms with Crippen LogP contribution in [0, 0.1) is 6.92 Å². The number of nitrogens with zero attached hydrogens (tertiary/aromatic N) is 1. The predicted octanol–water partition coefficient (Wildman–Crippen LogP) is 2.15. The maximum absolute atomic E-state index is 12.6. The van der Waals surface area contributed by atoms with Crippen LogP contribution in [-0.2, 0) is 20.6 Å². The Morgan fingerprint density at radius 3 is 2.81 bits per heavy atom. The molecule has 0 spiro atoms. The van der Waals surface area contributed by atoms with Crippen molar-refractivity contribution in [2.24, 2.45) is 0 Å². The van der Waals surface area contributed by atoms with E-state index >= 15 is 0 Å². The van der Waals surface area contributed by atoms with Gasteiger partial charge in [-0.15, -0.1) is 0 Å². The largest absolute Gasteiger partial charge is 0.481 e. The van der Waals surface area contributed by atoms with Crippen LogP contribution >= 0.6 is 0 Å². The van der Waals surface area contributed by atoms with Gasteiger partial charge in [0.1, 0.15) is 0 Å². The molecule has 0 bridgehead atoms. The van der Waals surface area contributed by atoms with Crippen LogP contribution in [0.15, 0.2) is 24.3 Å². The first-order chi connectivity index (χ1) is 9.88. The number of carboxylic acids is 1. The van der Waals surface area contributed by atoms with E-state index in [1.807, 2.05) is 25.1 Å². The summed E-state index contributed by atoms with van der Waals surface area (Å²) in [6.07, 6.45) is 2.18. The Kier molecular flexibility index (Phi) is 5.00. The number of hydrogen-bond acceptors (Lipinski definition) is 3. The average molecular weight is 311 g/mol. The molecule has 1 aliphatic heterocycles. The number of carbonyl (C=O) groups is 1. The highest BCUT2D eigenvalue weighted by Gasteiger charge is 2.33. The SMILES string of the molecule is Cc1cccc(CS(=O)(=O)N2CCCCC2CC(=O)O)c1. The Hall–Kier alpha value is -1.40. The van der Waals surface area contributed by atoms with Crippen LogP contribution in [-0.4, -0.2) is 36.4 Å². The molecule has 5 nitrogen and oxygen atoms in total. The zero-order valence-corrected chi connectivity index (χ0v) is 13.0. The van der Waals surface area contributed by atoms with Gasteiger partial charge in [0.25, 0.3) is 0 Å². The summed E-state index contributed by atoms with van der Waals surface area (Å²) in [5.41, 5.74) is 1.76. The monoisotopic (exact) mass is 311 g/mol. The highest BCUT2D eigenvalue weighted by molar-refractivity contribution is 7.88. The Bertz CT molecular complexity index is 612. The van der Waals surface area contributed by atoms with Crippen LogP contribution in [0.4, 0.5) is 0 Å². The van der Waals surface area contributed by atoms with Gasteiger partial charge in [0.15, 0.2) is 0 Å². The normalized spacial score (nSPS) is 20.3. The molecule has 0 amide bonds. The molecule has 0 radical (unpaired) electrons. The van der Waals surface area contributed by atoms with Crippen molar-refractivity contribution in [2.75, 3.05) is 6.54 Å². The molecule has 1 N–H and O–H groups in total. The number of benzene rings is 1. The number of hydrogen-bond donors (Lipinski definition) is 1. The molecule has 1 saturated heterocycles. The van der Waals surface area contributed by atoms with Gasteiger partial charge < -0.3 is 5.11 Å². The smallest absolute Gasteiger partial charge is 0.304 e. The molecule has 1 atom stereocenters. The standard InChI is InChI=1S/C15H21NO4S/c1-12-5-4-6-13(9-12)11-21(19,20)16-8-3-2-7-14(16)10-15(17)18/h4-6,9,14H,2-3,7-8,10-11H2,1H3,(H,17,18). The van der Waals surface area contributed by atoms with Crippen molar-refractivity contribution in [1.82, 2.24) is 4.31 Å². The minimum Gasteiger partial charge on any atom is -0.481 e. The molecule has 1 unspecified atom stereocenters. The van der Waals surface area contributed by atoms with Crippen LogP contribution < -0.4 is 0 Å². The van der Waals surface area contributed by atoms with Crippen molar-refractivity contribution >= 4 is 16.0 Å². The maximum atomic E-state index is 12.6. The van der Waals surface area contributed by atoms with Crippen molar-refractivity contribution in [1.29, 1.82) is 0 Å². The molecule has 0 aliphatic carbocycles. The third-order valence-electron chi connectivity index (χ3n) is 3.77. The van der Waals surface area contributed by atoms with Crippen LogP contribution in [0.1, 0.15) is 36.8 Å². The fourth-order valence-corrected chi connectivity index (χ4v) is 4.65. The lowest BCUT2D eigenvalue weighted by atomic mass is 10.0. The second kappa shape index (κ2) is 6.58. The van der Waals surface area contributed by atoms with Crippen molar-refractivity contribution in [3.8, 4) is 0 Å². The van der Waals surface area contributed by atoms with Gasteiger partial charge in [-0.05, 0) is 25.3 Å². The second-order valence-corrected chi connectivity index (χ2v) is 7.52. The molecular formula is C15H21NO4S. The van der Waals surface area contributed by atoms with E-state index in [0.717, 1.165) is 24.0 Å². The summed E-state index contributed by atoms with van der Waals surface area (Å²) in [6, 6.07) is 7.00. The third-order valence-corrected chi connectivity index (χ3v) is 5.67. The first kappa shape index (κ1) is 16.0. The number of carboxylic acid groups (broad SMARTS) is 1. The van der Waals surface area contributed by atoms with Gasteiger partial charge in [-0.25, -0.2) is 8.42 Å². The minimum atomic E-state index is -3.48. The lowest BCUT2D eigenvalue weighted by Crippen LogP contribution is -2.45. The fourth-order valence-electron chi connectivity index (χ4n) is 2.84. The molecule has 1 aliphatic rings. The van der Waals surface area contributed by atoms with E-state index < -0.39 is 22.0 Å². The number of aliphatic carboxylic acids is 1. The van der Waals surface area contributed by atoms with Crippen molar-refractivity contribution in [2.45, 2.75) is 44.4 Å². The molecule has 1 fully saturated rings.